The van der Waals surface area contributed by atoms with Crippen LogP contribution in [0.5, 0.6) is 0 Å². The van der Waals surface area contributed by atoms with Crippen LogP contribution in [-0.2, 0) is 9.59 Å². The minimum Gasteiger partial charge on any atom is -0.478 e. The standard InChI is InChI=1S/C21H22ClN3O3/c22-16-12-14(10-11-19(26)27)13-23-20(16)24-17-8-4-5-9-18(17)25-21(28)15-6-2-1-3-7-15/h4-5,8-13,15H,1-3,6-7H2,(H,23,24)(H,25,28)(H,26,27). The number of nitrogens with zero attached hydrogens (tertiary/aromatic N) is 1. The molecule has 7 heteroatoms. The van der Waals surface area contributed by atoms with Crippen LogP contribution in [-0.4, -0.2) is 22.0 Å². The van der Waals surface area contributed by atoms with Crippen molar-refractivity contribution in [1.29, 1.82) is 0 Å². The van der Waals surface area contributed by atoms with Crippen LogP contribution in [0.2, 0.25) is 5.02 Å². The van der Waals surface area contributed by atoms with Crippen molar-refractivity contribution >= 4 is 46.7 Å². The molecule has 3 N–H and O–H groups in total. The monoisotopic (exact) mass is 399 g/mol. The number of anilines is 3. The Morgan fingerprint density at radius 3 is 2.54 bits per heavy atom. The molecule has 0 saturated heterocycles. The van der Waals surface area contributed by atoms with Crippen molar-refractivity contribution in [2.75, 3.05) is 10.6 Å². The Labute approximate surface area is 168 Å². The minimum absolute atomic E-state index is 0.0437. The number of carbonyl (C=O) groups excluding carboxylic acids is 1. The molecular weight excluding hydrogens is 378 g/mol. The van der Waals surface area contributed by atoms with Gasteiger partial charge >= 0.3 is 5.97 Å². The molecule has 0 atom stereocenters. The van der Waals surface area contributed by atoms with Crippen LogP contribution in [0.1, 0.15) is 37.7 Å². The number of aromatic nitrogens is 1. The molecule has 1 saturated carbocycles. The van der Waals surface area contributed by atoms with Gasteiger partial charge in [-0.05, 0) is 42.7 Å². The molecule has 0 aliphatic heterocycles. The van der Waals surface area contributed by atoms with Crippen molar-refractivity contribution in [3.8, 4) is 0 Å². The predicted octanol–water partition coefficient (Wildman–Crippen LogP) is 5.10. The fourth-order valence-electron chi connectivity index (χ4n) is 3.23. The van der Waals surface area contributed by atoms with Gasteiger partial charge in [-0.25, -0.2) is 9.78 Å². The summed E-state index contributed by atoms with van der Waals surface area (Å²) in [5.41, 5.74) is 1.94. The number of rotatable bonds is 6. The van der Waals surface area contributed by atoms with E-state index in [4.69, 9.17) is 16.7 Å². The summed E-state index contributed by atoms with van der Waals surface area (Å²) < 4.78 is 0. The first-order valence-corrected chi connectivity index (χ1v) is 9.64. The van der Waals surface area contributed by atoms with Crippen molar-refractivity contribution in [3.05, 3.63) is 53.2 Å². The van der Waals surface area contributed by atoms with E-state index in [0.29, 0.717) is 27.8 Å². The zero-order valence-corrected chi connectivity index (χ0v) is 16.1. The number of nitrogens with one attached hydrogen (secondary N) is 2. The average molecular weight is 400 g/mol. The van der Waals surface area contributed by atoms with Gasteiger partial charge in [-0.2, -0.15) is 0 Å². The number of amides is 1. The number of hydrogen-bond donors (Lipinski definition) is 3. The fraction of sp³-hybridized carbons (Fsp3) is 0.286. The predicted molar refractivity (Wildman–Crippen MR) is 111 cm³/mol. The Bertz CT molecular complexity index is 892. The van der Waals surface area contributed by atoms with Gasteiger partial charge in [0.25, 0.3) is 0 Å². The van der Waals surface area contributed by atoms with E-state index in [-0.39, 0.29) is 11.8 Å². The molecule has 146 valence electrons. The van der Waals surface area contributed by atoms with Gasteiger partial charge in [-0.1, -0.05) is 43.0 Å². The number of carboxylic acid groups (broad SMARTS) is 1. The summed E-state index contributed by atoms with van der Waals surface area (Å²) in [5, 5.41) is 15.2. The fourth-order valence-corrected chi connectivity index (χ4v) is 3.45. The lowest BCUT2D eigenvalue weighted by Crippen LogP contribution is -2.25. The van der Waals surface area contributed by atoms with Crippen molar-refractivity contribution in [2.45, 2.75) is 32.1 Å². The summed E-state index contributed by atoms with van der Waals surface area (Å²) in [7, 11) is 0. The molecule has 0 spiro atoms. The van der Waals surface area contributed by atoms with E-state index in [2.05, 4.69) is 15.6 Å². The van der Waals surface area contributed by atoms with E-state index < -0.39 is 5.97 Å². The highest BCUT2D eigenvalue weighted by Crippen LogP contribution is 2.30. The third kappa shape index (κ3) is 5.33. The van der Waals surface area contributed by atoms with Crippen LogP contribution in [0.15, 0.2) is 42.6 Å². The van der Waals surface area contributed by atoms with Gasteiger partial charge in [0.1, 0.15) is 5.82 Å². The maximum absolute atomic E-state index is 12.6. The molecule has 1 aromatic carbocycles. The molecule has 0 radical (unpaired) electrons. The Hall–Kier alpha value is -2.86. The number of pyridine rings is 1. The SMILES string of the molecule is O=C(O)C=Cc1cnc(Nc2ccccc2NC(=O)C2CCCCC2)c(Cl)c1. The lowest BCUT2D eigenvalue weighted by molar-refractivity contribution is -0.131. The first-order valence-electron chi connectivity index (χ1n) is 9.26. The van der Waals surface area contributed by atoms with Crippen molar-refractivity contribution in [2.24, 2.45) is 5.92 Å². The number of aliphatic carboxylic acids is 1. The average Bonchev–Trinajstić information content (AvgIpc) is 2.70. The lowest BCUT2D eigenvalue weighted by atomic mass is 9.88. The molecule has 0 bridgehead atoms. The highest BCUT2D eigenvalue weighted by Gasteiger charge is 2.21. The van der Waals surface area contributed by atoms with Gasteiger partial charge < -0.3 is 15.7 Å². The summed E-state index contributed by atoms with van der Waals surface area (Å²) in [5.74, 6) is -0.513. The van der Waals surface area contributed by atoms with Crippen LogP contribution < -0.4 is 10.6 Å². The maximum Gasteiger partial charge on any atom is 0.328 e. The largest absolute Gasteiger partial charge is 0.478 e. The smallest absolute Gasteiger partial charge is 0.328 e. The second-order valence-electron chi connectivity index (χ2n) is 6.77. The van der Waals surface area contributed by atoms with Crippen LogP contribution in [0.3, 0.4) is 0 Å². The van der Waals surface area contributed by atoms with E-state index in [1.165, 1.54) is 18.7 Å². The Balaban J connectivity index is 1.74. The zero-order valence-electron chi connectivity index (χ0n) is 15.3. The summed E-state index contributed by atoms with van der Waals surface area (Å²) in [6.07, 6.45) is 9.22. The third-order valence-electron chi connectivity index (χ3n) is 4.69. The van der Waals surface area contributed by atoms with E-state index >= 15 is 0 Å². The normalized spacial score (nSPS) is 14.8. The molecular formula is C21H22ClN3O3. The second kappa shape index (κ2) is 9.37. The van der Waals surface area contributed by atoms with Crippen LogP contribution in [0.25, 0.3) is 6.08 Å². The quantitative estimate of drug-likeness (QED) is 0.588. The molecule has 6 nitrogen and oxygen atoms in total. The van der Waals surface area contributed by atoms with E-state index in [1.54, 1.807) is 6.07 Å². The number of para-hydroxylation sites is 2. The van der Waals surface area contributed by atoms with Crippen LogP contribution in [0, 0.1) is 5.92 Å². The number of halogens is 1. The third-order valence-corrected chi connectivity index (χ3v) is 4.98. The number of carbonyl (C=O) groups is 2. The van der Waals surface area contributed by atoms with E-state index in [1.807, 2.05) is 24.3 Å². The van der Waals surface area contributed by atoms with Crippen molar-refractivity contribution in [3.63, 3.8) is 0 Å². The van der Waals surface area contributed by atoms with E-state index in [0.717, 1.165) is 31.8 Å². The summed E-state index contributed by atoms with van der Waals surface area (Å²) >= 11 is 6.28. The molecule has 1 fully saturated rings. The zero-order chi connectivity index (χ0) is 19.9. The summed E-state index contributed by atoms with van der Waals surface area (Å²) in [4.78, 5) is 27.5. The van der Waals surface area contributed by atoms with Gasteiger partial charge in [-0.3, -0.25) is 4.79 Å². The van der Waals surface area contributed by atoms with Crippen molar-refractivity contribution < 1.29 is 14.7 Å². The molecule has 1 aliphatic rings. The van der Waals surface area contributed by atoms with Gasteiger partial charge in [0, 0.05) is 18.2 Å². The molecule has 1 amide bonds. The van der Waals surface area contributed by atoms with Gasteiger partial charge in [-0.15, -0.1) is 0 Å². The number of hydrogen-bond acceptors (Lipinski definition) is 4. The Kier molecular flexibility index (Phi) is 6.66. The number of benzene rings is 1. The van der Waals surface area contributed by atoms with Crippen molar-refractivity contribution in [1.82, 2.24) is 4.98 Å². The van der Waals surface area contributed by atoms with Crippen LogP contribution in [0.4, 0.5) is 17.2 Å². The first-order chi connectivity index (χ1) is 13.5. The molecule has 28 heavy (non-hydrogen) atoms. The molecule has 1 heterocycles. The summed E-state index contributed by atoms with van der Waals surface area (Å²) in [6.45, 7) is 0. The topological polar surface area (TPSA) is 91.3 Å². The van der Waals surface area contributed by atoms with Crippen LogP contribution >= 0.6 is 11.6 Å². The molecule has 2 aromatic rings. The first kappa shape index (κ1) is 19.9. The van der Waals surface area contributed by atoms with Gasteiger partial charge in [0.2, 0.25) is 5.91 Å². The lowest BCUT2D eigenvalue weighted by Gasteiger charge is -2.21. The van der Waals surface area contributed by atoms with Gasteiger partial charge in [0.05, 0.1) is 16.4 Å². The van der Waals surface area contributed by atoms with Gasteiger partial charge in [0.15, 0.2) is 0 Å². The second-order valence-corrected chi connectivity index (χ2v) is 7.17. The molecule has 1 aromatic heterocycles. The highest BCUT2D eigenvalue weighted by atomic mass is 35.5. The number of carboxylic acids is 1. The molecule has 0 unspecified atom stereocenters. The highest BCUT2D eigenvalue weighted by molar-refractivity contribution is 6.33. The molecule has 3 rings (SSSR count). The maximum atomic E-state index is 12.6. The van der Waals surface area contributed by atoms with E-state index in [9.17, 15) is 9.59 Å². The Morgan fingerprint density at radius 1 is 1.14 bits per heavy atom. The molecule has 1 aliphatic carbocycles. The summed E-state index contributed by atoms with van der Waals surface area (Å²) in [6, 6.07) is 9.01. The minimum atomic E-state index is -1.04. The Morgan fingerprint density at radius 2 is 1.86 bits per heavy atom.